The normalized spacial score (nSPS) is 18.6. The summed E-state index contributed by atoms with van der Waals surface area (Å²) in [5.74, 6) is 0.753. The average molecular weight is 399 g/mol. The fourth-order valence-corrected chi connectivity index (χ4v) is 3.69. The predicted octanol–water partition coefficient (Wildman–Crippen LogP) is 4.83. The Morgan fingerprint density at radius 1 is 0.720 bits per heavy atom. The molecular weight excluding hydrogens is 384 g/mol. The zero-order valence-electron chi connectivity index (χ0n) is 13.1. The summed E-state index contributed by atoms with van der Waals surface area (Å²) in [4.78, 5) is 0. The first-order chi connectivity index (χ1) is 12.0. The topological polar surface area (TPSA) is 69.9 Å². The minimum Gasteiger partial charge on any atom is -0.508 e. The largest absolute Gasteiger partial charge is 0.508 e. The zero-order chi connectivity index (χ0) is 17.6. The Bertz CT molecular complexity index is 917. The molecule has 1 heterocycles. The highest BCUT2D eigenvalue weighted by atomic mass is 79.9. The van der Waals surface area contributed by atoms with Gasteiger partial charge in [0.05, 0.1) is 5.92 Å². The Kier molecular flexibility index (Phi) is 3.81. The molecule has 2 atom stereocenters. The van der Waals surface area contributed by atoms with Crippen molar-refractivity contribution >= 4 is 15.9 Å². The Morgan fingerprint density at radius 3 is 2.08 bits per heavy atom. The molecule has 0 aromatic heterocycles. The van der Waals surface area contributed by atoms with Crippen LogP contribution >= 0.6 is 15.9 Å². The number of fused-ring (bicyclic) bond motifs is 1. The summed E-state index contributed by atoms with van der Waals surface area (Å²) in [6, 6.07) is 17.2. The molecule has 3 aromatic rings. The lowest BCUT2D eigenvalue weighted by atomic mass is 9.85. The lowest BCUT2D eigenvalue weighted by Crippen LogP contribution is -2.11. The highest BCUT2D eigenvalue weighted by molar-refractivity contribution is 9.10. The van der Waals surface area contributed by atoms with E-state index in [0.29, 0.717) is 0 Å². The molecule has 0 saturated heterocycles. The molecule has 1 aliphatic rings. The summed E-state index contributed by atoms with van der Waals surface area (Å²) in [5.41, 5.74) is 2.63. The van der Waals surface area contributed by atoms with E-state index in [2.05, 4.69) is 15.9 Å². The van der Waals surface area contributed by atoms with Crippen molar-refractivity contribution in [3.05, 3.63) is 81.8 Å². The van der Waals surface area contributed by atoms with E-state index >= 15 is 0 Å². The first-order valence-electron chi connectivity index (χ1n) is 7.79. The van der Waals surface area contributed by atoms with E-state index in [4.69, 9.17) is 4.74 Å². The summed E-state index contributed by atoms with van der Waals surface area (Å²) < 4.78 is 7.10. The first-order valence-corrected chi connectivity index (χ1v) is 8.58. The van der Waals surface area contributed by atoms with E-state index in [1.54, 1.807) is 24.3 Å². The zero-order valence-corrected chi connectivity index (χ0v) is 14.6. The van der Waals surface area contributed by atoms with Crippen molar-refractivity contribution in [2.75, 3.05) is 0 Å². The number of phenolic OH excluding ortho intramolecular Hbond substituents is 3. The van der Waals surface area contributed by atoms with E-state index in [-0.39, 0.29) is 29.3 Å². The molecule has 0 fully saturated rings. The van der Waals surface area contributed by atoms with E-state index in [0.717, 1.165) is 26.9 Å². The fourth-order valence-electron chi connectivity index (χ4n) is 3.31. The minimum absolute atomic E-state index is 0.00269. The van der Waals surface area contributed by atoms with Gasteiger partial charge in [0.1, 0.15) is 29.1 Å². The molecule has 4 nitrogen and oxygen atoms in total. The quantitative estimate of drug-likeness (QED) is 0.577. The second kappa shape index (κ2) is 6.01. The molecule has 4 rings (SSSR count). The molecular formula is C20H15BrO4. The molecule has 3 N–H and O–H groups in total. The third kappa shape index (κ3) is 2.91. The van der Waals surface area contributed by atoms with Gasteiger partial charge in [-0.1, -0.05) is 28.1 Å². The summed E-state index contributed by atoms with van der Waals surface area (Å²) in [5, 5.41) is 29.4. The van der Waals surface area contributed by atoms with Crippen LogP contribution in [0.1, 0.15) is 28.7 Å². The molecule has 0 spiro atoms. The van der Waals surface area contributed by atoms with Gasteiger partial charge in [-0.25, -0.2) is 0 Å². The Morgan fingerprint density at radius 2 is 1.40 bits per heavy atom. The van der Waals surface area contributed by atoms with Gasteiger partial charge >= 0.3 is 0 Å². The van der Waals surface area contributed by atoms with Gasteiger partial charge in [-0.2, -0.15) is 0 Å². The number of hydrogen-bond donors (Lipinski definition) is 3. The van der Waals surface area contributed by atoms with Crippen molar-refractivity contribution in [2.24, 2.45) is 0 Å². The maximum Gasteiger partial charge on any atom is 0.135 e. The molecule has 1 aliphatic heterocycles. The maximum absolute atomic E-state index is 9.91. The maximum atomic E-state index is 9.91. The van der Waals surface area contributed by atoms with Crippen molar-refractivity contribution in [1.29, 1.82) is 0 Å². The first kappa shape index (κ1) is 15.8. The van der Waals surface area contributed by atoms with Crippen molar-refractivity contribution < 1.29 is 20.1 Å². The van der Waals surface area contributed by atoms with Crippen LogP contribution in [0, 0.1) is 0 Å². The van der Waals surface area contributed by atoms with Gasteiger partial charge in [-0.05, 0) is 53.6 Å². The summed E-state index contributed by atoms with van der Waals surface area (Å²) in [6.45, 7) is 0. The molecule has 0 saturated carbocycles. The van der Waals surface area contributed by atoms with Gasteiger partial charge in [-0.3, -0.25) is 0 Å². The Balaban J connectivity index is 1.88. The second-order valence-electron chi connectivity index (χ2n) is 6.07. The number of ether oxygens (including phenoxy) is 1. The summed E-state index contributed by atoms with van der Waals surface area (Å²) in [6.07, 6.45) is -0.328. The molecule has 5 heteroatoms. The van der Waals surface area contributed by atoms with Crippen molar-refractivity contribution in [3.8, 4) is 23.0 Å². The van der Waals surface area contributed by atoms with Gasteiger partial charge in [0, 0.05) is 16.1 Å². The Hall–Kier alpha value is -2.66. The van der Waals surface area contributed by atoms with Crippen molar-refractivity contribution in [2.45, 2.75) is 12.0 Å². The second-order valence-corrected chi connectivity index (χ2v) is 6.99. The van der Waals surface area contributed by atoms with E-state index < -0.39 is 0 Å². The molecule has 3 aromatic carbocycles. The molecule has 25 heavy (non-hydrogen) atoms. The molecule has 0 radical (unpaired) electrons. The number of benzene rings is 3. The lowest BCUT2D eigenvalue weighted by molar-refractivity contribution is 0.222. The Labute approximate surface area is 153 Å². The average Bonchev–Trinajstić information content (AvgIpc) is 2.93. The van der Waals surface area contributed by atoms with E-state index in [9.17, 15) is 15.3 Å². The highest BCUT2D eigenvalue weighted by Gasteiger charge is 2.37. The molecule has 0 amide bonds. The molecule has 2 unspecified atom stereocenters. The highest BCUT2D eigenvalue weighted by Crippen LogP contribution is 2.51. The van der Waals surface area contributed by atoms with Crippen LogP contribution in [0.25, 0.3) is 0 Å². The summed E-state index contributed by atoms with van der Waals surface area (Å²) >= 11 is 3.49. The monoisotopic (exact) mass is 398 g/mol. The smallest absolute Gasteiger partial charge is 0.135 e. The molecule has 126 valence electrons. The van der Waals surface area contributed by atoms with E-state index in [1.165, 1.54) is 6.07 Å². The van der Waals surface area contributed by atoms with Crippen LogP contribution in [0.3, 0.4) is 0 Å². The van der Waals surface area contributed by atoms with Crippen LogP contribution in [0.2, 0.25) is 0 Å². The van der Waals surface area contributed by atoms with Crippen LogP contribution in [-0.2, 0) is 0 Å². The van der Waals surface area contributed by atoms with Crippen LogP contribution in [0.4, 0.5) is 0 Å². The standard InChI is InChI=1S/C20H15BrO4/c21-13-3-6-18-17(9-13)19(12-7-15(23)10-16(24)8-12)20(25-18)11-1-4-14(22)5-2-11/h1-10,19-20,22-24H. The van der Waals surface area contributed by atoms with Gasteiger partial charge in [0.2, 0.25) is 0 Å². The summed E-state index contributed by atoms with van der Waals surface area (Å²) in [7, 11) is 0. The number of rotatable bonds is 2. The predicted molar refractivity (Wildman–Crippen MR) is 97.2 cm³/mol. The van der Waals surface area contributed by atoms with Crippen LogP contribution < -0.4 is 4.74 Å². The van der Waals surface area contributed by atoms with Gasteiger partial charge in [0.15, 0.2) is 0 Å². The third-order valence-corrected chi connectivity index (χ3v) is 4.86. The van der Waals surface area contributed by atoms with Crippen LogP contribution in [-0.4, -0.2) is 15.3 Å². The SMILES string of the molecule is Oc1ccc(C2Oc3ccc(Br)cc3C2c2cc(O)cc(O)c2)cc1. The van der Waals surface area contributed by atoms with Gasteiger partial charge in [-0.15, -0.1) is 0 Å². The fraction of sp³-hybridized carbons (Fsp3) is 0.100. The van der Waals surface area contributed by atoms with Crippen LogP contribution in [0.15, 0.2) is 65.1 Å². The van der Waals surface area contributed by atoms with Crippen LogP contribution in [0.5, 0.6) is 23.0 Å². The minimum atomic E-state index is -0.328. The molecule has 0 bridgehead atoms. The number of aromatic hydroxyl groups is 3. The number of hydrogen-bond acceptors (Lipinski definition) is 4. The number of phenols is 3. The van der Waals surface area contributed by atoms with Gasteiger partial charge < -0.3 is 20.1 Å². The molecule has 0 aliphatic carbocycles. The van der Waals surface area contributed by atoms with E-state index in [1.807, 2.05) is 30.3 Å². The van der Waals surface area contributed by atoms with Crippen molar-refractivity contribution in [1.82, 2.24) is 0 Å². The van der Waals surface area contributed by atoms with Crippen molar-refractivity contribution in [3.63, 3.8) is 0 Å². The lowest BCUT2D eigenvalue weighted by Gasteiger charge is -2.20. The number of halogens is 1. The van der Waals surface area contributed by atoms with Gasteiger partial charge in [0.25, 0.3) is 0 Å². The third-order valence-electron chi connectivity index (χ3n) is 4.37.